The van der Waals surface area contributed by atoms with E-state index in [2.05, 4.69) is 75.8 Å². The van der Waals surface area contributed by atoms with Gasteiger partial charge in [-0.3, -0.25) is 4.98 Å². The molecule has 0 bridgehead atoms. The number of hydrogen-bond donors (Lipinski definition) is 1. The Morgan fingerprint density at radius 1 is 0.970 bits per heavy atom. The summed E-state index contributed by atoms with van der Waals surface area (Å²) >= 11 is 0. The highest BCUT2D eigenvalue weighted by molar-refractivity contribution is 5.95. The number of allylic oxidation sites excluding steroid dienone is 5. The molecule has 1 N–H and O–H groups in total. The highest BCUT2D eigenvalue weighted by Crippen LogP contribution is 2.36. The second kappa shape index (κ2) is 8.56. The van der Waals surface area contributed by atoms with E-state index < -0.39 is 0 Å². The molecule has 5 heteroatoms. The molecule has 5 nitrogen and oxygen atoms in total. The molecule has 6 rings (SSSR count). The van der Waals surface area contributed by atoms with Gasteiger partial charge in [0.15, 0.2) is 0 Å². The van der Waals surface area contributed by atoms with Crippen LogP contribution in [0.25, 0.3) is 22.0 Å². The first-order chi connectivity index (χ1) is 16.2. The van der Waals surface area contributed by atoms with Crippen molar-refractivity contribution in [2.75, 3.05) is 25.5 Å². The first kappa shape index (κ1) is 20.3. The molecule has 166 valence electrons. The van der Waals surface area contributed by atoms with Crippen molar-refractivity contribution in [3.63, 3.8) is 0 Å². The highest BCUT2D eigenvalue weighted by atomic mass is 15.1. The number of nitrogens with one attached hydrogen (secondary N) is 1. The number of rotatable bonds is 4. The van der Waals surface area contributed by atoms with Gasteiger partial charge in [-0.1, -0.05) is 30.4 Å². The van der Waals surface area contributed by atoms with Gasteiger partial charge in [0.2, 0.25) is 0 Å². The zero-order valence-electron chi connectivity index (χ0n) is 19.1. The highest BCUT2D eigenvalue weighted by Gasteiger charge is 2.21. The van der Waals surface area contributed by atoms with Gasteiger partial charge in [0, 0.05) is 35.2 Å². The van der Waals surface area contributed by atoms with Crippen LogP contribution in [0.3, 0.4) is 0 Å². The molecule has 1 fully saturated rings. The minimum Gasteiger partial charge on any atom is -0.367 e. The molecule has 3 heterocycles. The average Bonchev–Trinajstić information content (AvgIpc) is 3.29. The number of pyridine rings is 1. The Labute approximate surface area is 195 Å². The van der Waals surface area contributed by atoms with Gasteiger partial charge in [-0.05, 0) is 80.7 Å². The van der Waals surface area contributed by atoms with Gasteiger partial charge in [-0.25, -0.2) is 9.97 Å². The van der Waals surface area contributed by atoms with Crippen LogP contribution in [0.4, 0.5) is 5.82 Å². The number of aromatic nitrogens is 3. The monoisotopic (exact) mass is 435 g/mol. The van der Waals surface area contributed by atoms with Crippen LogP contribution in [-0.2, 0) is 6.42 Å². The predicted molar refractivity (Wildman–Crippen MR) is 135 cm³/mol. The van der Waals surface area contributed by atoms with Crippen LogP contribution < -0.4 is 5.32 Å². The number of hydrogen-bond acceptors (Lipinski definition) is 5. The Kier molecular flexibility index (Phi) is 5.27. The minimum atomic E-state index is 0.456. The number of anilines is 1. The number of fused-ring (bicyclic) bond motifs is 2. The van der Waals surface area contributed by atoms with E-state index >= 15 is 0 Å². The first-order valence-corrected chi connectivity index (χ1v) is 12.0. The fourth-order valence-corrected chi connectivity index (χ4v) is 5.14. The van der Waals surface area contributed by atoms with E-state index in [0.717, 1.165) is 67.6 Å². The standard InChI is InChI=1S/C28H29N5/c1-33-13-11-22(12-14-33)32-28-25-15-20(7-9-27(25)30-18-31-28)23-8-10-26-24(23)16-21(17-29-26)19-5-3-2-4-6-19/h3,5-9,15-18,22H,2,4,10-14H2,1H3,(H,30,31,32). The molecular weight excluding hydrogens is 406 g/mol. The Hall–Kier alpha value is -3.31. The molecule has 0 amide bonds. The third-order valence-corrected chi connectivity index (χ3v) is 7.09. The van der Waals surface area contributed by atoms with E-state index in [1.807, 2.05) is 6.20 Å². The van der Waals surface area contributed by atoms with Crippen molar-refractivity contribution in [2.24, 2.45) is 0 Å². The Morgan fingerprint density at radius 3 is 2.73 bits per heavy atom. The number of likely N-dealkylation sites (tertiary alicyclic amines) is 1. The van der Waals surface area contributed by atoms with Crippen molar-refractivity contribution in [3.8, 4) is 0 Å². The largest absolute Gasteiger partial charge is 0.367 e. The molecule has 33 heavy (non-hydrogen) atoms. The third kappa shape index (κ3) is 3.98. The summed E-state index contributed by atoms with van der Waals surface area (Å²) < 4.78 is 0. The average molecular weight is 436 g/mol. The molecule has 2 aliphatic carbocycles. The summed E-state index contributed by atoms with van der Waals surface area (Å²) in [7, 11) is 2.19. The molecular formula is C28H29N5. The van der Waals surface area contributed by atoms with Crippen LogP contribution in [0.1, 0.15) is 48.1 Å². The van der Waals surface area contributed by atoms with E-state index in [4.69, 9.17) is 4.98 Å². The topological polar surface area (TPSA) is 53.9 Å². The molecule has 1 aromatic carbocycles. The second-order valence-electron chi connectivity index (χ2n) is 9.36. The van der Waals surface area contributed by atoms with Crippen LogP contribution in [0.5, 0.6) is 0 Å². The van der Waals surface area contributed by atoms with Crippen molar-refractivity contribution < 1.29 is 0 Å². The normalized spacial score (nSPS) is 18.8. The number of piperidine rings is 1. The molecule has 0 spiro atoms. The summed E-state index contributed by atoms with van der Waals surface area (Å²) in [6, 6.07) is 9.32. The maximum atomic E-state index is 4.81. The van der Waals surface area contributed by atoms with E-state index in [0.29, 0.717) is 6.04 Å². The molecule has 0 atom stereocenters. The maximum Gasteiger partial charge on any atom is 0.137 e. The molecule has 0 saturated carbocycles. The van der Waals surface area contributed by atoms with Crippen molar-refractivity contribution in [1.29, 1.82) is 0 Å². The lowest BCUT2D eigenvalue weighted by molar-refractivity contribution is 0.264. The zero-order chi connectivity index (χ0) is 22.2. The predicted octanol–water partition coefficient (Wildman–Crippen LogP) is 5.25. The molecule has 3 aromatic rings. The van der Waals surface area contributed by atoms with Gasteiger partial charge < -0.3 is 10.2 Å². The van der Waals surface area contributed by atoms with Gasteiger partial charge in [-0.2, -0.15) is 0 Å². The van der Waals surface area contributed by atoms with E-state index in [1.54, 1.807) is 6.33 Å². The fraction of sp³-hybridized carbons (Fsp3) is 0.321. The molecule has 0 unspecified atom stereocenters. The summed E-state index contributed by atoms with van der Waals surface area (Å²) in [6.45, 7) is 2.24. The molecule has 1 saturated heterocycles. The lowest BCUT2D eigenvalue weighted by Crippen LogP contribution is -2.36. The summed E-state index contributed by atoms with van der Waals surface area (Å²) in [5.74, 6) is 0.944. The quantitative estimate of drug-likeness (QED) is 0.606. The van der Waals surface area contributed by atoms with Crippen molar-refractivity contribution in [2.45, 2.75) is 38.1 Å². The summed E-state index contributed by atoms with van der Waals surface area (Å²) in [6.07, 6.45) is 18.2. The van der Waals surface area contributed by atoms with Crippen molar-refractivity contribution in [1.82, 2.24) is 19.9 Å². The van der Waals surface area contributed by atoms with Gasteiger partial charge >= 0.3 is 0 Å². The van der Waals surface area contributed by atoms with Crippen LogP contribution in [0.15, 0.2) is 61.1 Å². The van der Waals surface area contributed by atoms with Gasteiger partial charge in [0.1, 0.15) is 12.1 Å². The van der Waals surface area contributed by atoms with Gasteiger partial charge in [0.25, 0.3) is 0 Å². The Morgan fingerprint density at radius 2 is 1.88 bits per heavy atom. The van der Waals surface area contributed by atoms with Crippen LogP contribution in [0, 0.1) is 0 Å². The minimum absolute atomic E-state index is 0.456. The zero-order valence-corrected chi connectivity index (χ0v) is 19.1. The molecule has 2 aromatic heterocycles. The number of benzene rings is 1. The smallest absolute Gasteiger partial charge is 0.137 e. The second-order valence-corrected chi connectivity index (χ2v) is 9.36. The summed E-state index contributed by atoms with van der Waals surface area (Å²) in [5, 5.41) is 4.80. The lowest BCUT2D eigenvalue weighted by atomic mass is 9.95. The molecule has 1 aliphatic heterocycles. The molecule has 0 radical (unpaired) electrons. The van der Waals surface area contributed by atoms with Crippen LogP contribution in [0.2, 0.25) is 0 Å². The van der Waals surface area contributed by atoms with Gasteiger partial charge in [0.05, 0.1) is 11.2 Å². The first-order valence-electron chi connectivity index (χ1n) is 12.0. The van der Waals surface area contributed by atoms with Crippen molar-refractivity contribution in [3.05, 3.63) is 83.5 Å². The van der Waals surface area contributed by atoms with Gasteiger partial charge in [-0.15, -0.1) is 0 Å². The SMILES string of the molecule is CN1CCC(Nc2ncnc3ccc(C4=CCc5ncc(C6=CCCC=C6)cc54)cc23)CC1. The third-order valence-electron chi connectivity index (χ3n) is 7.09. The lowest BCUT2D eigenvalue weighted by Gasteiger charge is -2.30. The van der Waals surface area contributed by atoms with Crippen LogP contribution in [-0.4, -0.2) is 46.0 Å². The number of nitrogens with zero attached hydrogens (tertiary/aromatic N) is 4. The van der Waals surface area contributed by atoms with Crippen molar-refractivity contribution >= 4 is 27.9 Å². The van der Waals surface area contributed by atoms with E-state index in [-0.39, 0.29) is 0 Å². The Balaban J connectivity index is 1.34. The summed E-state index contributed by atoms with van der Waals surface area (Å²) in [5.41, 5.74) is 8.32. The van der Waals surface area contributed by atoms with Crippen LogP contribution >= 0.6 is 0 Å². The van der Waals surface area contributed by atoms with E-state index in [1.165, 1.54) is 27.8 Å². The van der Waals surface area contributed by atoms with E-state index in [9.17, 15) is 0 Å². The Bertz CT molecular complexity index is 1290. The maximum absolute atomic E-state index is 4.81. The fourth-order valence-electron chi connectivity index (χ4n) is 5.14. The molecule has 3 aliphatic rings. The summed E-state index contributed by atoms with van der Waals surface area (Å²) in [4.78, 5) is 16.3.